The molecule has 0 amide bonds. The molecule has 0 aliphatic carbocycles. The molecule has 2 nitrogen and oxygen atoms in total. The number of thiophene rings is 1. The summed E-state index contributed by atoms with van der Waals surface area (Å²) in [6.07, 6.45) is 0. The molecule has 0 radical (unpaired) electrons. The van der Waals surface area contributed by atoms with Gasteiger partial charge in [0.25, 0.3) is 0 Å². The van der Waals surface area contributed by atoms with Gasteiger partial charge in [-0.15, -0.1) is 11.3 Å². The van der Waals surface area contributed by atoms with Crippen LogP contribution in [0.15, 0.2) is 37.9 Å². The van der Waals surface area contributed by atoms with E-state index < -0.39 is 6.61 Å². The maximum absolute atomic E-state index is 12.2. The molecule has 1 heterocycles. The van der Waals surface area contributed by atoms with Crippen LogP contribution in [0.3, 0.4) is 0 Å². The fraction of sp³-hybridized carbons (Fsp3) is 0.0833. The van der Waals surface area contributed by atoms with Crippen molar-refractivity contribution >= 4 is 49.0 Å². The van der Waals surface area contributed by atoms with Crippen molar-refractivity contribution in [1.29, 1.82) is 0 Å². The Hall–Kier alpha value is -0.790. The second-order valence-corrected chi connectivity index (χ2v) is 7.22. The first-order valence-corrected chi connectivity index (χ1v) is 7.42. The standard InChI is InChI=1S/C12H6Br2F2O2S/c13-9-5-8(11(14)19-9)10(17)6-2-1-3-7(4-6)18-12(15)16/h1-5,12H. The van der Waals surface area contributed by atoms with Crippen molar-refractivity contribution in [1.82, 2.24) is 0 Å². The third-order valence-electron chi connectivity index (χ3n) is 2.22. The van der Waals surface area contributed by atoms with Crippen LogP contribution in [0.25, 0.3) is 0 Å². The lowest BCUT2D eigenvalue weighted by Gasteiger charge is -2.06. The highest BCUT2D eigenvalue weighted by atomic mass is 79.9. The van der Waals surface area contributed by atoms with Crippen molar-refractivity contribution in [3.05, 3.63) is 49.0 Å². The Morgan fingerprint density at radius 3 is 2.58 bits per heavy atom. The summed E-state index contributed by atoms with van der Waals surface area (Å²) in [6.45, 7) is -2.91. The molecule has 0 saturated heterocycles. The van der Waals surface area contributed by atoms with Crippen LogP contribution in [0, 0.1) is 0 Å². The monoisotopic (exact) mass is 410 g/mol. The Labute approximate surface area is 128 Å². The lowest BCUT2D eigenvalue weighted by Crippen LogP contribution is -2.04. The number of carbonyl (C=O) groups excluding carboxylic acids is 1. The topological polar surface area (TPSA) is 26.3 Å². The van der Waals surface area contributed by atoms with Crippen molar-refractivity contribution in [3.8, 4) is 5.75 Å². The first-order valence-electron chi connectivity index (χ1n) is 5.02. The van der Waals surface area contributed by atoms with Crippen molar-refractivity contribution in [2.75, 3.05) is 0 Å². The minimum atomic E-state index is -2.91. The second kappa shape index (κ2) is 6.11. The second-order valence-electron chi connectivity index (χ2n) is 3.47. The van der Waals surface area contributed by atoms with Gasteiger partial charge in [-0.05, 0) is 50.1 Å². The number of alkyl halides is 2. The van der Waals surface area contributed by atoms with Gasteiger partial charge in [-0.2, -0.15) is 8.78 Å². The zero-order chi connectivity index (χ0) is 14.0. The highest BCUT2D eigenvalue weighted by molar-refractivity contribution is 9.12. The number of ketones is 1. The smallest absolute Gasteiger partial charge is 0.387 e. The molecule has 2 aromatic rings. The molecule has 1 aromatic heterocycles. The van der Waals surface area contributed by atoms with Crippen LogP contribution in [0.2, 0.25) is 0 Å². The Morgan fingerprint density at radius 2 is 2.00 bits per heavy atom. The lowest BCUT2D eigenvalue weighted by atomic mass is 10.1. The average Bonchev–Trinajstić information content (AvgIpc) is 2.67. The Bertz CT molecular complexity index is 614. The summed E-state index contributed by atoms with van der Waals surface area (Å²) >= 11 is 7.94. The van der Waals surface area contributed by atoms with Gasteiger partial charge in [-0.25, -0.2) is 0 Å². The largest absolute Gasteiger partial charge is 0.435 e. The highest BCUT2D eigenvalue weighted by Gasteiger charge is 2.16. The summed E-state index contributed by atoms with van der Waals surface area (Å²) in [7, 11) is 0. The molecular formula is C12H6Br2F2O2S. The van der Waals surface area contributed by atoms with Gasteiger partial charge in [-0.1, -0.05) is 12.1 Å². The number of hydrogen-bond acceptors (Lipinski definition) is 3. The zero-order valence-corrected chi connectivity index (χ0v) is 13.2. The Kier molecular flexibility index (Phi) is 4.70. The highest BCUT2D eigenvalue weighted by Crippen LogP contribution is 2.33. The molecule has 0 atom stereocenters. The number of hydrogen-bond donors (Lipinski definition) is 0. The van der Waals surface area contributed by atoms with E-state index in [1.54, 1.807) is 12.1 Å². The van der Waals surface area contributed by atoms with E-state index >= 15 is 0 Å². The first kappa shape index (κ1) is 14.6. The molecule has 19 heavy (non-hydrogen) atoms. The van der Waals surface area contributed by atoms with E-state index in [-0.39, 0.29) is 11.5 Å². The summed E-state index contributed by atoms with van der Waals surface area (Å²) in [5.41, 5.74) is 0.773. The number of benzene rings is 1. The minimum absolute atomic E-state index is 0.0359. The van der Waals surface area contributed by atoms with Gasteiger partial charge in [-0.3, -0.25) is 4.79 Å². The van der Waals surface area contributed by atoms with Crippen LogP contribution in [0.5, 0.6) is 5.75 Å². The number of ether oxygens (including phenoxy) is 1. The molecule has 1 aromatic carbocycles. The fourth-order valence-corrected chi connectivity index (χ4v) is 4.26. The van der Waals surface area contributed by atoms with Crippen LogP contribution < -0.4 is 4.74 Å². The van der Waals surface area contributed by atoms with Crippen LogP contribution in [0.4, 0.5) is 8.78 Å². The summed E-state index contributed by atoms with van der Waals surface area (Å²) in [4.78, 5) is 12.2. The van der Waals surface area contributed by atoms with Crippen molar-refractivity contribution in [2.45, 2.75) is 6.61 Å². The van der Waals surface area contributed by atoms with Gasteiger partial charge in [0, 0.05) is 11.1 Å². The maximum Gasteiger partial charge on any atom is 0.387 e. The van der Waals surface area contributed by atoms with E-state index in [1.165, 1.54) is 29.5 Å². The van der Waals surface area contributed by atoms with Gasteiger partial charge in [0.2, 0.25) is 0 Å². The van der Waals surface area contributed by atoms with Crippen LogP contribution >= 0.6 is 43.2 Å². The lowest BCUT2D eigenvalue weighted by molar-refractivity contribution is -0.0498. The Balaban J connectivity index is 2.31. The third-order valence-corrected chi connectivity index (χ3v) is 4.56. The molecule has 0 spiro atoms. The number of halogens is 4. The molecule has 0 aliphatic rings. The molecule has 7 heteroatoms. The maximum atomic E-state index is 12.2. The number of rotatable bonds is 4. The Morgan fingerprint density at radius 1 is 1.26 bits per heavy atom. The zero-order valence-electron chi connectivity index (χ0n) is 9.20. The normalized spacial score (nSPS) is 10.8. The summed E-state index contributed by atoms with van der Waals surface area (Å²) in [5, 5.41) is 0. The molecule has 0 saturated carbocycles. The van der Waals surface area contributed by atoms with E-state index in [9.17, 15) is 13.6 Å². The predicted octanol–water partition coefficient (Wildman–Crippen LogP) is 5.11. The molecule has 0 bridgehead atoms. The molecule has 0 fully saturated rings. The molecule has 0 N–H and O–H groups in total. The SMILES string of the molecule is O=C(c1cccc(OC(F)F)c1)c1cc(Br)sc1Br. The van der Waals surface area contributed by atoms with Gasteiger partial charge in [0.15, 0.2) is 5.78 Å². The molecule has 0 unspecified atom stereocenters. The quantitative estimate of drug-likeness (QED) is 0.653. The van der Waals surface area contributed by atoms with Gasteiger partial charge < -0.3 is 4.74 Å². The molecule has 2 rings (SSSR count). The predicted molar refractivity (Wildman–Crippen MR) is 76.2 cm³/mol. The van der Waals surface area contributed by atoms with E-state index in [2.05, 4.69) is 36.6 Å². The van der Waals surface area contributed by atoms with Crippen molar-refractivity contribution in [3.63, 3.8) is 0 Å². The van der Waals surface area contributed by atoms with E-state index in [0.29, 0.717) is 14.9 Å². The minimum Gasteiger partial charge on any atom is -0.435 e. The van der Waals surface area contributed by atoms with Crippen molar-refractivity contribution in [2.24, 2.45) is 0 Å². The van der Waals surface area contributed by atoms with E-state index in [1.807, 2.05) is 0 Å². The first-order chi connectivity index (χ1) is 8.97. The van der Waals surface area contributed by atoms with Crippen LogP contribution in [-0.2, 0) is 0 Å². The van der Waals surface area contributed by atoms with Crippen molar-refractivity contribution < 1.29 is 18.3 Å². The molecule has 0 aliphatic heterocycles. The molecular weight excluding hydrogens is 406 g/mol. The van der Waals surface area contributed by atoms with Gasteiger partial charge in [0.05, 0.1) is 7.57 Å². The third kappa shape index (κ3) is 3.61. The van der Waals surface area contributed by atoms with E-state index in [0.717, 1.165) is 3.79 Å². The fourth-order valence-electron chi connectivity index (χ4n) is 1.46. The van der Waals surface area contributed by atoms with Gasteiger partial charge >= 0.3 is 6.61 Å². The average molecular weight is 412 g/mol. The van der Waals surface area contributed by atoms with E-state index in [4.69, 9.17) is 0 Å². The summed E-state index contributed by atoms with van der Waals surface area (Å²) < 4.78 is 30.0. The van der Waals surface area contributed by atoms with Gasteiger partial charge in [0.1, 0.15) is 5.75 Å². The molecule has 100 valence electrons. The van der Waals surface area contributed by atoms with Crippen LogP contribution in [0.1, 0.15) is 15.9 Å². The summed E-state index contributed by atoms with van der Waals surface area (Å²) in [5.74, 6) is -0.292. The summed E-state index contributed by atoms with van der Waals surface area (Å²) in [6, 6.07) is 7.41. The van der Waals surface area contributed by atoms with Crippen LogP contribution in [-0.4, -0.2) is 12.4 Å². The number of carbonyl (C=O) groups is 1.